The number of benzene rings is 3. The minimum atomic E-state index is -3.67. The van der Waals surface area contributed by atoms with E-state index >= 15 is 0 Å². The number of aryl methyl sites for hydroxylation is 1. The number of sulfonamides is 1. The molecule has 3 aromatic carbocycles. The Kier molecular flexibility index (Phi) is 7.34. The molecule has 1 amide bonds. The Bertz CT molecular complexity index is 1250. The summed E-state index contributed by atoms with van der Waals surface area (Å²) in [5.74, 6) is 1.03. The van der Waals surface area contributed by atoms with Crippen LogP contribution in [0.25, 0.3) is 0 Å². The van der Waals surface area contributed by atoms with Gasteiger partial charge in [0.2, 0.25) is 10.0 Å². The summed E-state index contributed by atoms with van der Waals surface area (Å²) in [6, 6.07) is 21.0. The smallest absolute Gasteiger partial charge is 0.255 e. The highest BCUT2D eigenvalue weighted by molar-refractivity contribution is 7.89. The molecule has 0 unspecified atom stereocenters. The van der Waals surface area contributed by atoms with Gasteiger partial charge in [0.1, 0.15) is 11.5 Å². The van der Waals surface area contributed by atoms with Crippen LogP contribution in [-0.2, 0) is 10.0 Å². The van der Waals surface area contributed by atoms with Crippen LogP contribution in [0.2, 0.25) is 0 Å². The van der Waals surface area contributed by atoms with Crippen molar-refractivity contribution in [2.45, 2.75) is 50.0 Å². The number of hydrogen-bond acceptors (Lipinski definition) is 4. The van der Waals surface area contributed by atoms with Crippen LogP contribution in [0.4, 0.5) is 5.69 Å². The van der Waals surface area contributed by atoms with Gasteiger partial charge in [-0.1, -0.05) is 37.5 Å². The lowest BCUT2D eigenvalue weighted by atomic mass is 9.96. The summed E-state index contributed by atoms with van der Waals surface area (Å²) in [4.78, 5) is 13.0. The molecule has 1 fully saturated rings. The molecular formula is C27H30N2O4S. The highest BCUT2D eigenvalue weighted by Crippen LogP contribution is 2.27. The molecule has 1 aliphatic carbocycles. The molecule has 0 heterocycles. The molecule has 34 heavy (non-hydrogen) atoms. The molecule has 1 N–H and O–H groups in total. The fourth-order valence-corrected chi connectivity index (χ4v) is 5.69. The van der Waals surface area contributed by atoms with Crippen molar-refractivity contribution in [3.05, 3.63) is 83.9 Å². The maximum atomic E-state index is 13.2. The van der Waals surface area contributed by atoms with Gasteiger partial charge in [-0.05, 0) is 79.9 Å². The summed E-state index contributed by atoms with van der Waals surface area (Å²) < 4.78 is 33.6. The molecule has 0 aromatic heterocycles. The van der Waals surface area contributed by atoms with E-state index in [4.69, 9.17) is 4.74 Å². The third-order valence-electron chi connectivity index (χ3n) is 6.20. The number of rotatable bonds is 7. The van der Waals surface area contributed by atoms with E-state index in [2.05, 4.69) is 5.32 Å². The summed E-state index contributed by atoms with van der Waals surface area (Å²) >= 11 is 0. The van der Waals surface area contributed by atoms with Crippen molar-refractivity contribution in [1.29, 1.82) is 0 Å². The maximum Gasteiger partial charge on any atom is 0.255 e. The van der Waals surface area contributed by atoms with E-state index in [1.807, 2.05) is 31.2 Å². The van der Waals surface area contributed by atoms with Crippen LogP contribution >= 0.6 is 0 Å². The topological polar surface area (TPSA) is 75.7 Å². The predicted molar refractivity (Wildman–Crippen MR) is 134 cm³/mol. The first-order valence-electron chi connectivity index (χ1n) is 11.6. The summed E-state index contributed by atoms with van der Waals surface area (Å²) in [5, 5.41) is 2.83. The van der Waals surface area contributed by atoms with E-state index in [1.165, 1.54) is 10.4 Å². The second-order valence-corrected chi connectivity index (χ2v) is 10.7. The quantitative estimate of drug-likeness (QED) is 0.452. The number of amides is 1. The third kappa shape index (κ3) is 5.66. The number of nitrogens with one attached hydrogen (secondary N) is 1. The lowest BCUT2D eigenvalue weighted by Gasteiger charge is -2.30. The standard InChI is InChI=1S/C27H30N2O4S/c1-20-8-6-12-25(18-20)33-24-16-14-22(15-17-24)28-27(30)21-9-7-13-26(19-21)34(31,32)29(2)23-10-4-3-5-11-23/h6-9,12-19,23H,3-5,10-11H2,1-2H3,(H,28,30). The Morgan fingerprint density at radius 3 is 2.32 bits per heavy atom. The number of carbonyl (C=O) groups is 1. The molecule has 7 heteroatoms. The third-order valence-corrected chi connectivity index (χ3v) is 8.11. The van der Waals surface area contributed by atoms with Crippen LogP contribution in [0.3, 0.4) is 0 Å². The lowest BCUT2D eigenvalue weighted by molar-refractivity contribution is 0.102. The molecule has 0 spiro atoms. The van der Waals surface area contributed by atoms with E-state index < -0.39 is 10.0 Å². The second-order valence-electron chi connectivity index (χ2n) is 8.74. The Morgan fingerprint density at radius 1 is 0.912 bits per heavy atom. The summed E-state index contributed by atoms with van der Waals surface area (Å²) in [5.41, 5.74) is 1.99. The van der Waals surface area contributed by atoms with E-state index in [0.717, 1.165) is 43.4 Å². The highest BCUT2D eigenvalue weighted by atomic mass is 32.2. The van der Waals surface area contributed by atoms with Crippen LogP contribution < -0.4 is 10.1 Å². The second kappa shape index (κ2) is 10.4. The Labute approximate surface area is 201 Å². The molecule has 0 atom stereocenters. The predicted octanol–water partition coefficient (Wildman–Crippen LogP) is 5.99. The molecular weight excluding hydrogens is 448 g/mol. The molecule has 0 radical (unpaired) electrons. The molecule has 4 rings (SSSR count). The zero-order chi connectivity index (χ0) is 24.1. The number of hydrogen-bond donors (Lipinski definition) is 1. The minimum absolute atomic E-state index is 0.0109. The van der Waals surface area contributed by atoms with Crippen LogP contribution in [0.15, 0.2) is 77.7 Å². The van der Waals surface area contributed by atoms with Crippen LogP contribution in [0.5, 0.6) is 11.5 Å². The molecule has 0 aliphatic heterocycles. The number of anilines is 1. The average Bonchev–Trinajstić information content (AvgIpc) is 2.85. The molecule has 1 aliphatic rings. The average molecular weight is 479 g/mol. The largest absolute Gasteiger partial charge is 0.457 e. The van der Waals surface area contributed by atoms with Gasteiger partial charge in [0.15, 0.2) is 0 Å². The normalized spacial score (nSPS) is 14.7. The fourth-order valence-electron chi connectivity index (χ4n) is 4.23. The molecule has 3 aromatic rings. The number of nitrogens with zero attached hydrogens (tertiary/aromatic N) is 1. The summed E-state index contributed by atoms with van der Waals surface area (Å²) in [6.45, 7) is 2.00. The van der Waals surface area contributed by atoms with Crippen molar-refractivity contribution in [3.63, 3.8) is 0 Å². The van der Waals surface area contributed by atoms with Crippen molar-refractivity contribution >= 4 is 21.6 Å². The molecule has 178 valence electrons. The van der Waals surface area contributed by atoms with Gasteiger partial charge in [-0.25, -0.2) is 8.42 Å². The number of carbonyl (C=O) groups excluding carboxylic acids is 1. The van der Waals surface area contributed by atoms with Crippen molar-refractivity contribution in [1.82, 2.24) is 4.31 Å². The highest BCUT2D eigenvalue weighted by Gasteiger charge is 2.29. The van der Waals surface area contributed by atoms with Gasteiger partial charge in [0, 0.05) is 24.3 Å². The Balaban J connectivity index is 1.44. The van der Waals surface area contributed by atoms with Gasteiger partial charge in [-0.2, -0.15) is 4.31 Å². The van der Waals surface area contributed by atoms with Crippen LogP contribution in [0, 0.1) is 6.92 Å². The minimum Gasteiger partial charge on any atom is -0.457 e. The van der Waals surface area contributed by atoms with Gasteiger partial charge in [-0.3, -0.25) is 4.79 Å². The first-order valence-corrected chi connectivity index (χ1v) is 13.0. The SMILES string of the molecule is Cc1cccc(Oc2ccc(NC(=O)c3cccc(S(=O)(=O)N(C)C4CCCCC4)c3)cc2)c1. The van der Waals surface area contributed by atoms with Gasteiger partial charge < -0.3 is 10.1 Å². The van der Waals surface area contributed by atoms with Crippen molar-refractivity contribution in [2.75, 3.05) is 12.4 Å². The van der Waals surface area contributed by atoms with Crippen molar-refractivity contribution in [3.8, 4) is 11.5 Å². The first kappa shape index (κ1) is 24.0. The van der Waals surface area contributed by atoms with Gasteiger partial charge in [0.25, 0.3) is 5.91 Å². The van der Waals surface area contributed by atoms with Gasteiger partial charge >= 0.3 is 0 Å². The van der Waals surface area contributed by atoms with Gasteiger partial charge in [-0.15, -0.1) is 0 Å². The zero-order valence-corrected chi connectivity index (χ0v) is 20.3. The fraction of sp³-hybridized carbons (Fsp3) is 0.296. The lowest BCUT2D eigenvalue weighted by Crippen LogP contribution is -2.38. The Hall–Kier alpha value is -3.16. The van der Waals surface area contributed by atoms with E-state index in [9.17, 15) is 13.2 Å². The van der Waals surface area contributed by atoms with Crippen LogP contribution in [0.1, 0.15) is 48.0 Å². The molecule has 0 bridgehead atoms. The van der Waals surface area contributed by atoms with Crippen molar-refractivity contribution in [2.24, 2.45) is 0 Å². The zero-order valence-electron chi connectivity index (χ0n) is 19.5. The molecule has 6 nitrogen and oxygen atoms in total. The maximum absolute atomic E-state index is 13.2. The van der Waals surface area contributed by atoms with E-state index in [1.54, 1.807) is 49.5 Å². The van der Waals surface area contributed by atoms with Crippen LogP contribution in [-0.4, -0.2) is 31.7 Å². The van der Waals surface area contributed by atoms with Crippen molar-refractivity contribution < 1.29 is 17.9 Å². The molecule has 1 saturated carbocycles. The monoisotopic (exact) mass is 478 g/mol. The van der Waals surface area contributed by atoms with Gasteiger partial charge in [0.05, 0.1) is 4.90 Å². The summed E-state index contributed by atoms with van der Waals surface area (Å²) in [7, 11) is -2.03. The number of ether oxygens (including phenoxy) is 1. The summed E-state index contributed by atoms with van der Waals surface area (Å²) in [6.07, 6.45) is 4.99. The van der Waals surface area contributed by atoms with E-state index in [-0.39, 0.29) is 16.8 Å². The van der Waals surface area contributed by atoms with E-state index in [0.29, 0.717) is 17.0 Å². The molecule has 0 saturated heterocycles. The Morgan fingerprint density at radius 2 is 1.62 bits per heavy atom. The first-order chi connectivity index (χ1) is 16.3.